The summed E-state index contributed by atoms with van der Waals surface area (Å²) in [5.74, 6) is 1.68. The summed E-state index contributed by atoms with van der Waals surface area (Å²) in [5, 5.41) is 2.10. The molecule has 7 heteroatoms. The summed E-state index contributed by atoms with van der Waals surface area (Å²) in [7, 11) is 1.69. The molecule has 3 aromatic rings. The molecule has 1 amide bonds. The van der Waals surface area contributed by atoms with E-state index < -0.39 is 0 Å². The number of fused-ring (bicyclic) bond motifs is 5. The summed E-state index contributed by atoms with van der Waals surface area (Å²) in [5.41, 5.74) is 4.83. The van der Waals surface area contributed by atoms with Gasteiger partial charge in [-0.3, -0.25) is 4.79 Å². The number of carbonyl (C=O) groups is 1. The Morgan fingerprint density at radius 1 is 1.00 bits per heavy atom. The molecule has 2 aliphatic heterocycles. The Morgan fingerprint density at radius 2 is 1.80 bits per heavy atom. The van der Waals surface area contributed by atoms with Crippen molar-refractivity contribution in [3.05, 3.63) is 44.5 Å². The number of aryl methyl sites for hydroxylation is 4. The van der Waals surface area contributed by atoms with Gasteiger partial charge in [0.1, 0.15) is 16.9 Å². The average molecular weight is 549 g/mol. The second-order valence-electron chi connectivity index (χ2n) is 12.3. The summed E-state index contributed by atoms with van der Waals surface area (Å²) in [4.78, 5) is 31.5. The third-order valence-corrected chi connectivity index (χ3v) is 9.91. The predicted octanol–water partition coefficient (Wildman–Crippen LogP) is 5.71. The van der Waals surface area contributed by atoms with Crippen LogP contribution in [0.4, 0.5) is 0 Å². The second-order valence-corrected chi connectivity index (χ2v) is 12.3. The molecule has 0 bridgehead atoms. The van der Waals surface area contributed by atoms with Crippen molar-refractivity contribution in [2.24, 2.45) is 5.92 Å². The van der Waals surface area contributed by atoms with Gasteiger partial charge in [0, 0.05) is 66.5 Å². The van der Waals surface area contributed by atoms with Crippen LogP contribution in [0, 0.1) is 19.8 Å². The van der Waals surface area contributed by atoms with E-state index in [1.807, 2.05) is 18.7 Å². The van der Waals surface area contributed by atoms with Gasteiger partial charge in [-0.25, -0.2) is 4.79 Å². The fourth-order valence-corrected chi connectivity index (χ4v) is 7.69. The first kappa shape index (κ1) is 27.5. The molecule has 40 heavy (non-hydrogen) atoms. The average Bonchev–Trinajstić information content (AvgIpc) is 3.35. The highest BCUT2D eigenvalue weighted by atomic mass is 16.5. The van der Waals surface area contributed by atoms with Crippen molar-refractivity contribution in [1.29, 1.82) is 0 Å². The zero-order valence-electron chi connectivity index (χ0n) is 24.5. The van der Waals surface area contributed by atoms with E-state index in [0.29, 0.717) is 49.1 Å². The van der Waals surface area contributed by atoms with Gasteiger partial charge in [0.25, 0.3) is 0 Å². The van der Waals surface area contributed by atoms with Crippen molar-refractivity contribution in [3.63, 3.8) is 0 Å². The predicted molar refractivity (Wildman–Crippen MR) is 157 cm³/mol. The van der Waals surface area contributed by atoms with Crippen LogP contribution < -0.4 is 5.63 Å². The van der Waals surface area contributed by atoms with Crippen molar-refractivity contribution < 1.29 is 18.4 Å². The molecule has 2 atom stereocenters. The number of nitrogens with zero attached hydrogens (tertiary/aromatic N) is 2. The van der Waals surface area contributed by atoms with Crippen LogP contribution in [0.5, 0.6) is 0 Å². The number of piperidine rings is 2. The van der Waals surface area contributed by atoms with Crippen LogP contribution >= 0.6 is 0 Å². The van der Waals surface area contributed by atoms with Gasteiger partial charge in [0.2, 0.25) is 5.91 Å². The molecule has 0 radical (unpaired) electrons. The lowest BCUT2D eigenvalue weighted by atomic mass is 9.83. The maximum atomic E-state index is 13.6. The van der Waals surface area contributed by atoms with E-state index in [1.54, 1.807) is 7.11 Å². The standard InChI is InChI=1S/C33H44N2O5/c1-21-24(33(37)40-31-22(2)32-27(19-26(21)31)25-10-4-5-12-29(25)39-32)13-14-30(36)35(17-18-38-3)20-23-9-8-16-34-15-7-6-11-28(23)34/h19,23,28H,4-18,20H2,1-3H3. The SMILES string of the molecule is COCCN(CC1CCCN2CCCCC12)C(=O)CCc1c(C)c2cc3c4c(oc3c(C)c2oc1=O)CCCC4. The van der Waals surface area contributed by atoms with E-state index in [-0.39, 0.29) is 11.5 Å². The number of methoxy groups -OCH3 is 1. The summed E-state index contributed by atoms with van der Waals surface area (Å²) in [6.45, 7) is 8.25. The molecule has 4 heterocycles. The highest BCUT2D eigenvalue weighted by Gasteiger charge is 2.34. The Kier molecular flexibility index (Phi) is 8.04. The molecule has 216 valence electrons. The van der Waals surface area contributed by atoms with Crippen molar-refractivity contribution in [1.82, 2.24) is 9.80 Å². The van der Waals surface area contributed by atoms with Crippen LogP contribution in [0.15, 0.2) is 19.7 Å². The molecule has 1 aromatic carbocycles. The van der Waals surface area contributed by atoms with E-state index >= 15 is 0 Å². The molecule has 7 nitrogen and oxygen atoms in total. The lowest BCUT2D eigenvalue weighted by Gasteiger charge is -2.45. The van der Waals surface area contributed by atoms with Gasteiger partial charge in [-0.15, -0.1) is 0 Å². The van der Waals surface area contributed by atoms with E-state index in [9.17, 15) is 9.59 Å². The smallest absolute Gasteiger partial charge is 0.339 e. The highest BCUT2D eigenvalue weighted by molar-refractivity contribution is 6.00. The van der Waals surface area contributed by atoms with Gasteiger partial charge in [0.15, 0.2) is 0 Å². The largest absolute Gasteiger partial charge is 0.460 e. The van der Waals surface area contributed by atoms with Crippen LogP contribution in [-0.2, 0) is 28.8 Å². The molecular weight excluding hydrogens is 504 g/mol. The number of rotatable bonds is 8. The maximum absolute atomic E-state index is 13.6. The zero-order chi connectivity index (χ0) is 27.8. The third-order valence-electron chi connectivity index (χ3n) is 9.91. The molecule has 2 fully saturated rings. The molecule has 0 saturated carbocycles. The van der Waals surface area contributed by atoms with Crippen LogP contribution in [0.2, 0.25) is 0 Å². The summed E-state index contributed by atoms with van der Waals surface area (Å²) >= 11 is 0. The Balaban J connectivity index is 1.24. The normalized spacial score (nSPS) is 21.5. The lowest BCUT2D eigenvalue weighted by molar-refractivity contribution is -0.133. The Hall–Kier alpha value is -2.64. The fourth-order valence-electron chi connectivity index (χ4n) is 7.69. The minimum absolute atomic E-state index is 0.0967. The lowest BCUT2D eigenvalue weighted by Crippen LogP contribution is -2.52. The van der Waals surface area contributed by atoms with Gasteiger partial charge >= 0.3 is 5.63 Å². The van der Waals surface area contributed by atoms with Crippen molar-refractivity contribution in [3.8, 4) is 0 Å². The molecule has 1 aliphatic carbocycles. The molecule has 2 saturated heterocycles. The molecule has 3 aliphatic rings. The van der Waals surface area contributed by atoms with Crippen LogP contribution in [0.25, 0.3) is 21.9 Å². The summed E-state index contributed by atoms with van der Waals surface area (Å²) < 4.78 is 17.5. The van der Waals surface area contributed by atoms with Crippen LogP contribution in [0.3, 0.4) is 0 Å². The Morgan fingerprint density at radius 3 is 2.65 bits per heavy atom. The monoisotopic (exact) mass is 548 g/mol. The number of hydrogen-bond acceptors (Lipinski definition) is 6. The van der Waals surface area contributed by atoms with E-state index in [2.05, 4.69) is 11.0 Å². The number of ether oxygens (including phenoxy) is 1. The number of furan rings is 1. The van der Waals surface area contributed by atoms with E-state index in [1.165, 1.54) is 57.2 Å². The molecule has 6 rings (SSSR count). The van der Waals surface area contributed by atoms with Gasteiger partial charge in [-0.05, 0) is 95.9 Å². The topological polar surface area (TPSA) is 76.1 Å². The highest BCUT2D eigenvalue weighted by Crippen LogP contribution is 2.38. The van der Waals surface area contributed by atoms with Crippen molar-refractivity contribution in [2.75, 3.05) is 39.9 Å². The fraction of sp³-hybridized carbons (Fsp3) is 0.636. The number of amides is 1. The van der Waals surface area contributed by atoms with Gasteiger partial charge < -0.3 is 23.4 Å². The molecule has 2 unspecified atom stereocenters. The summed E-state index contributed by atoms with van der Waals surface area (Å²) in [6.07, 6.45) is 11.2. The molecule has 2 aromatic heterocycles. The van der Waals surface area contributed by atoms with Gasteiger partial charge in [-0.1, -0.05) is 6.42 Å². The first-order valence-corrected chi connectivity index (χ1v) is 15.5. The number of carbonyl (C=O) groups excluding carboxylic acids is 1. The van der Waals surface area contributed by atoms with Crippen molar-refractivity contribution in [2.45, 2.75) is 90.5 Å². The van der Waals surface area contributed by atoms with Gasteiger partial charge in [0.05, 0.1) is 6.61 Å². The second kappa shape index (κ2) is 11.7. The number of benzene rings is 1. The first-order valence-electron chi connectivity index (χ1n) is 15.5. The minimum Gasteiger partial charge on any atom is -0.460 e. The summed E-state index contributed by atoms with van der Waals surface area (Å²) in [6, 6.07) is 2.74. The van der Waals surface area contributed by atoms with E-state index in [4.69, 9.17) is 13.6 Å². The van der Waals surface area contributed by atoms with Crippen molar-refractivity contribution >= 4 is 27.8 Å². The first-order chi connectivity index (χ1) is 19.5. The minimum atomic E-state index is -0.342. The molecular formula is C33H44N2O5. The Labute approximate surface area is 236 Å². The Bertz CT molecular complexity index is 1450. The quantitative estimate of drug-likeness (QED) is 0.336. The van der Waals surface area contributed by atoms with E-state index in [0.717, 1.165) is 59.0 Å². The zero-order valence-corrected chi connectivity index (χ0v) is 24.5. The molecule has 0 spiro atoms. The maximum Gasteiger partial charge on any atom is 0.339 e. The van der Waals surface area contributed by atoms with Crippen LogP contribution in [-0.4, -0.2) is 61.6 Å². The van der Waals surface area contributed by atoms with Crippen LogP contribution in [0.1, 0.15) is 79.4 Å². The third kappa shape index (κ3) is 5.11. The van der Waals surface area contributed by atoms with Gasteiger partial charge in [-0.2, -0.15) is 0 Å². The molecule has 0 N–H and O–H groups in total. The number of hydrogen-bond donors (Lipinski definition) is 0.